The van der Waals surface area contributed by atoms with Gasteiger partial charge in [0, 0.05) is 0 Å². The molecule has 0 amide bonds. The maximum atomic E-state index is 11.1. The number of para-hydroxylation sites is 1. The predicted octanol–water partition coefficient (Wildman–Crippen LogP) is 4.06. The SMILES string of the molecule is CC1(C)c2ccccc2N(c2c[se]c(C=O)c2)c2ncccc21. The van der Waals surface area contributed by atoms with Crippen molar-refractivity contribution in [3.05, 3.63) is 69.2 Å². The minimum atomic E-state index is -0.0990. The van der Waals surface area contributed by atoms with Crippen LogP contribution in [0.3, 0.4) is 0 Å². The molecule has 1 aliphatic rings. The average molecular weight is 367 g/mol. The Hall–Kier alpha value is -2.16. The number of nitrogens with zero attached hydrogens (tertiary/aromatic N) is 2. The van der Waals surface area contributed by atoms with Crippen LogP contribution in [-0.4, -0.2) is 25.8 Å². The average Bonchev–Trinajstić information content (AvgIpc) is 3.04. The van der Waals surface area contributed by atoms with Gasteiger partial charge in [0.05, 0.1) is 0 Å². The number of pyridine rings is 1. The maximum absolute atomic E-state index is 11.1. The van der Waals surface area contributed by atoms with E-state index in [9.17, 15) is 4.79 Å². The van der Waals surface area contributed by atoms with Crippen LogP contribution in [-0.2, 0) is 5.41 Å². The molecule has 0 saturated carbocycles. The van der Waals surface area contributed by atoms with Crippen molar-refractivity contribution in [2.75, 3.05) is 4.90 Å². The van der Waals surface area contributed by atoms with Gasteiger partial charge in [-0.1, -0.05) is 0 Å². The van der Waals surface area contributed by atoms with E-state index >= 15 is 0 Å². The number of carbonyl (C=O) groups excluding carboxylic acids is 1. The Morgan fingerprint density at radius 1 is 1.13 bits per heavy atom. The number of benzene rings is 1. The van der Waals surface area contributed by atoms with E-state index in [0.717, 1.165) is 27.9 Å². The summed E-state index contributed by atoms with van der Waals surface area (Å²) >= 11 is 0.105. The molecule has 3 heterocycles. The Morgan fingerprint density at radius 2 is 1.91 bits per heavy atom. The van der Waals surface area contributed by atoms with Gasteiger partial charge < -0.3 is 0 Å². The fourth-order valence-electron chi connectivity index (χ4n) is 3.30. The van der Waals surface area contributed by atoms with E-state index in [1.807, 2.05) is 18.3 Å². The molecule has 4 heteroatoms. The first-order valence-electron chi connectivity index (χ1n) is 7.52. The molecule has 1 aromatic carbocycles. The summed E-state index contributed by atoms with van der Waals surface area (Å²) in [4.78, 5) is 20.1. The number of carbonyl (C=O) groups is 1. The third-order valence-corrected chi connectivity index (χ3v) is 6.24. The number of rotatable bonds is 2. The van der Waals surface area contributed by atoms with Gasteiger partial charge >= 0.3 is 141 Å². The summed E-state index contributed by atoms with van der Waals surface area (Å²) in [6.45, 7) is 4.48. The van der Waals surface area contributed by atoms with Crippen molar-refractivity contribution in [1.82, 2.24) is 4.98 Å². The standard InChI is InChI=1S/C19H16N2OSe/c1-19(2)15-6-3-4-8-17(15)21(13-10-14(11-22)23-12-13)18-16(19)7-5-9-20-18/h3-12H,1-2H3. The van der Waals surface area contributed by atoms with E-state index in [4.69, 9.17) is 0 Å². The van der Waals surface area contributed by atoms with Gasteiger partial charge in [0.2, 0.25) is 0 Å². The molecule has 2 aromatic heterocycles. The molecule has 0 aliphatic carbocycles. The fraction of sp³-hybridized carbons (Fsp3) is 0.158. The van der Waals surface area contributed by atoms with Gasteiger partial charge in [-0.2, -0.15) is 0 Å². The van der Waals surface area contributed by atoms with Crippen molar-refractivity contribution < 1.29 is 4.79 Å². The van der Waals surface area contributed by atoms with Gasteiger partial charge in [0.1, 0.15) is 0 Å². The molecule has 0 atom stereocenters. The van der Waals surface area contributed by atoms with Crippen LogP contribution in [0.1, 0.15) is 34.2 Å². The Kier molecular flexibility index (Phi) is 3.26. The summed E-state index contributed by atoms with van der Waals surface area (Å²) in [5.74, 6) is 0.960. The van der Waals surface area contributed by atoms with Crippen LogP contribution in [0.15, 0.2) is 53.6 Å². The summed E-state index contributed by atoms with van der Waals surface area (Å²) < 4.78 is 0.868. The van der Waals surface area contributed by atoms with Crippen LogP contribution in [0.2, 0.25) is 0 Å². The topological polar surface area (TPSA) is 33.2 Å². The first-order valence-corrected chi connectivity index (χ1v) is 9.36. The third kappa shape index (κ3) is 2.10. The molecule has 0 radical (unpaired) electrons. The van der Waals surface area contributed by atoms with Gasteiger partial charge in [0.15, 0.2) is 0 Å². The van der Waals surface area contributed by atoms with Crippen molar-refractivity contribution in [1.29, 1.82) is 0 Å². The fourth-order valence-corrected chi connectivity index (χ4v) is 4.72. The van der Waals surface area contributed by atoms with E-state index in [0.29, 0.717) is 0 Å². The van der Waals surface area contributed by atoms with Crippen molar-refractivity contribution in [3.8, 4) is 0 Å². The number of aromatic nitrogens is 1. The zero-order chi connectivity index (χ0) is 16.0. The number of hydrogen-bond donors (Lipinski definition) is 0. The first-order chi connectivity index (χ1) is 11.1. The molecule has 0 fully saturated rings. The van der Waals surface area contributed by atoms with Crippen LogP contribution in [0, 0.1) is 0 Å². The van der Waals surface area contributed by atoms with Crippen molar-refractivity contribution in [2.45, 2.75) is 19.3 Å². The number of hydrogen-bond acceptors (Lipinski definition) is 3. The van der Waals surface area contributed by atoms with E-state index in [1.165, 1.54) is 11.1 Å². The molecule has 0 N–H and O–H groups in total. The summed E-state index contributed by atoms with van der Waals surface area (Å²) in [6, 6.07) is 14.6. The van der Waals surface area contributed by atoms with Crippen LogP contribution < -0.4 is 4.90 Å². The van der Waals surface area contributed by atoms with Crippen LogP contribution in [0.5, 0.6) is 0 Å². The molecular weight excluding hydrogens is 351 g/mol. The summed E-state index contributed by atoms with van der Waals surface area (Å²) in [7, 11) is 0. The van der Waals surface area contributed by atoms with Gasteiger partial charge in [-0.15, -0.1) is 0 Å². The second-order valence-electron chi connectivity index (χ2n) is 6.18. The van der Waals surface area contributed by atoms with Gasteiger partial charge in [0.25, 0.3) is 0 Å². The van der Waals surface area contributed by atoms with E-state index in [-0.39, 0.29) is 19.9 Å². The summed E-state index contributed by atoms with van der Waals surface area (Å²) in [5, 5.41) is 0. The molecule has 1 aliphatic heterocycles. The molecule has 0 saturated heterocycles. The summed E-state index contributed by atoms with van der Waals surface area (Å²) in [6.07, 6.45) is 2.80. The Bertz CT molecular complexity index is 848. The molecule has 3 nitrogen and oxygen atoms in total. The summed E-state index contributed by atoms with van der Waals surface area (Å²) in [5.41, 5.74) is 4.59. The molecular formula is C19H16N2OSe. The minimum absolute atomic E-state index is 0.0990. The first kappa shape index (κ1) is 14.4. The van der Waals surface area contributed by atoms with Crippen molar-refractivity contribution >= 4 is 38.0 Å². The number of fused-ring (bicyclic) bond motifs is 2. The van der Waals surface area contributed by atoms with Gasteiger partial charge in [-0.05, 0) is 0 Å². The van der Waals surface area contributed by atoms with E-state index in [2.05, 4.69) is 59.0 Å². The normalized spacial score (nSPS) is 15.0. The van der Waals surface area contributed by atoms with Gasteiger partial charge in [-0.25, -0.2) is 0 Å². The second kappa shape index (κ2) is 5.19. The number of anilines is 3. The Morgan fingerprint density at radius 3 is 2.70 bits per heavy atom. The second-order valence-corrected chi connectivity index (χ2v) is 8.16. The molecule has 23 heavy (non-hydrogen) atoms. The molecule has 0 unspecified atom stereocenters. The van der Waals surface area contributed by atoms with Crippen LogP contribution in [0.4, 0.5) is 17.2 Å². The predicted molar refractivity (Wildman–Crippen MR) is 93.4 cm³/mol. The Balaban J connectivity index is 2.02. The number of aldehydes is 1. The molecule has 0 bridgehead atoms. The van der Waals surface area contributed by atoms with E-state index < -0.39 is 0 Å². The Labute approximate surface area is 141 Å². The molecule has 114 valence electrons. The molecule has 4 rings (SSSR count). The monoisotopic (exact) mass is 368 g/mol. The zero-order valence-corrected chi connectivity index (χ0v) is 14.7. The van der Waals surface area contributed by atoms with Crippen molar-refractivity contribution in [2.24, 2.45) is 0 Å². The molecule has 0 spiro atoms. The van der Waals surface area contributed by atoms with Crippen LogP contribution >= 0.6 is 0 Å². The van der Waals surface area contributed by atoms with Gasteiger partial charge in [-0.3, -0.25) is 0 Å². The zero-order valence-electron chi connectivity index (χ0n) is 13.0. The van der Waals surface area contributed by atoms with E-state index in [1.54, 1.807) is 0 Å². The molecule has 3 aromatic rings. The van der Waals surface area contributed by atoms with Crippen molar-refractivity contribution in [3.63, 3.8) is 0 Å². The third-order valence-electron chi connectivity index (χ3n) is 4.47. The quantitative estimate of drug-likeness (QED) is 0.506. The van der Waals surface area contributed by atoms with Crippen LogP contribution in [0.25, 0.3) is 0 Å².